The third kappa shape index (κ3) is 5.31. The number of amides is 2. The lowest BCUT2D eigenvalue weighted by Crippen LogP contribution is -2.26. The molecule has 5 nitrogen and oxygen atoms in total. The molecule has 0 saturated heterocycles. The Morgan fingerprint density at radius 3 is 2.68 bits per heavy atom. The minimum atomic E-state index is -0.00800. The molecule has 1 heterocycles. The standard InChI is InChI=1S/C18H21N3O2S2/c1-2-6-14(22)20-17-16(12-7-4-3-5-8-12)21-18(25-17)24-11-15(23)19-13-9-10-13/h3-5,7-8,13H,2,6,9-11H2,1H3,(H,19,23)(H,20,22). The van der Waals surface area contributed by atoms with Crippen molar-refractivity contribution in [2.24, 2.45) is 0 Å². The second-order valence-electron chi connectivity index (χ2n) is 5.95. The van der Waals surface area contributed by atoms with E-state index in [-0.39, 0.29) is 11.8 Å². The van der Waals surface area contributed by atoms with E-state index in [2.05, 4.69) is 15.6 Å². The fourth-order valence-electron chi connectivity index (χ4n) is 2.28. The molecule has 1 aliphatic rings. The molecule has 25 heavy (non-hydrogen) atoms. The second-order valence-corrected chi connectivity index (χ2v) is 8.17. The van der Waals surface area contributed by atoms with Gasteiger partial charge in [0.05, 0.1) is 5.75 Å². The van der Waals surface area contributed by atoms with Gasteiger partial charge in [0, 0.05) is 18.0 Å². The second kappa shape index (κ2) is 8.49. The van der Waals surface area contributed by atoms with Crippen LogP contribution in [-0.2, 0) is 9.59 Å². The molecule has 132 valence electrons. The summed E-state index contributed by atoms with van der Waals surface area (Å²) in [5.74, 6) is 0.382. The highest BCUT2D eigenvalue weighted by Crippen LogP contribution is 2.37. The SMILES string of the molecule is CCCC(=O)Nc1sc(SCC(=O)NC2CC2)nc1-c1ccccc1. The Bertz CT molecular complexity index is 742. The zero-order valence-electron chi connectivity index (χ0n) is 14.1. The molecular formula is C18H21N3O2S2. The van der Waals surface area contributed by atoms with Crippen molar-refractivity contribution in [1.29, 1.82) is 0 Å². The summed E-state index contributed by atoms with van der Waals surface area (Å²) in [5, 5.41) is 6.68. The molecule has 0 spiro atoms. The van der Waals surface area contributed by atoms with Crippen molar-refractivity contribution < 1.29 is 9.59 Å². The van der Waals surface area contributed by atoms with Crippen LogP contribution < -0.4 is 10.6 Å². The normalized spacial score (nSPS) is 13.5. The van der Waals surface area contributed by atoms with Gasteiger partial charge in [-0.3, -0.25) is 9.59 Å². The number of hydrogen-bond acceptors (Lipinski definition) is 5. The Labute approximate surface area is 155 Å². The van der Waals surface area contributed by atoms with Gasteiger partial charge < -0.3 is 10.6 Å². The van der Waals surface area contributed by atoms with Gasteiger partial charge in [0.15, 0.2) is 4.34 Å². The van der Waals surface area contributed by atoms with Gasteiger partial charge in [-0.15, -0.1) is 0 Å². The van der Waals surface area contributed by atoms with Crippen molar-refractivity contribution >= 4 is 39.9 Å². The van der Waals surface area contributed by atoms with Crippen molar-refractivity contribution in [3.8, 4) is 11.3 Å². The minimum Gasteiger partial charge on any atom is -0.353 e. The van der Waals surface area contributed by atoms with Crippen molar-refractivity contribution in [2.45, 2.75) is 43.0 Å². The molecule has 1 aliphatic carbocycles. The molecular weight excluding hydrogens is 354 g/mol. The van der Waals surface area contributed by atoms with Gasteiger partial charge in [0.25, 0.3) is 0 Å². The lowest BCUT2D eigenvalue weighted by Gasteiger charge is -2.04. The molecule has 0 radical (unpaired) electrons. The van der Waals surface area contributed by atoms with Gasteiger partial charge in [-0.05, 0) is 19.3 Å². The van der Waals surface area contributed by atoms with Gasteiger partial charge in [-0.25, -0.2) is 4.98 Å². The molecule has 3 rings (SSSR count). The number of hydrogen-bond donors (Lipinski definition) is 2. The first-order valence-corrected chi connectivity index (χ1v) is 10.2. The highest BCUT2D eigenvalue weighted by atomic mass is 32.2. The molecule has 1 fully saturated rings. The minimum absolute atomic E-state index is 0.00800. The highest BCUT2D eigenvalue weighted by molar-refractivity contribution is 8.01. The van der Waals surface area contributed by atoms with E-state index in [0.29, 0.717) is 18.2 Å². The summed E-state index contributed by atoms with van der Waals surface area (Å²) in [4.78, 5) is 28.5. The van der Waals surface area contributed by atoms with Crippen LogP contribution in [0.3, 0.4) is 0 Å². The lowest BCUT2D eigenvalue weighted by atomic mass is 10.2. The largest absolute Gasteiger partial charge is 0.353 e. The maximum atomic E-state index is 12.0. The van der Waals surface area contributed by atoms with Crippen molar-refractivity contribution in [3.05, 3.63) is 30.3 Å². The quantitative estimate of drug-likeness (QED) is 0.686. The van der Waals surface area contributed by atoms with E-state index in [1.165, 1.54) is 23.1 Å². The Kier molecular flexibility index (Phi) is 6.09. The summed E-state index contributed by atoms with van der Waals surface area (Å²) < 4.78 is 0.789. The molecule has 2 amide bonds. The Morgan fingerprint density at radius 1 is 1.24 bits per heavy atom. The number of anilines is 1. The van der Waals surface area contributed by atoms with Crippen LogP contribution >= 0.6 is 23.1 Å². The summed E-state index contributed by atoms with van der Waals surface area (Å²) in [6, 6.07) is 10.2. The average Bonchev–Trinajstić information content (AvgIpc) is 3.32. The number of carbonyl (C=O) groups excluding carboxylic acids is 2. The van der Waals surface area contributed by atoms with Crippen LogP contribution in [0, 0.1) is 0 Å². The number of nitrogens with zero attached hydrogens (tertiary/aromatic N) is 1. The maximum absolute atomic E-state index is 12.0. The molecule has 0 atom stereocenters. The fourth-order valence-corrected chi connectivity index (χ4v) is 4.17. The van der Waals surface area contributed by atoms with Crippen molar-refractivity contribution in [1.82, 2.24) is 10.3 Å². The highest BCUT2D eigenvalue weighted by Gasteiger charge is 2.23. The van der Waals surface area contributed by atoms with E-state index in [4.69, 9.17) is 0 Å². The third-order valence-electron chi connectivity index (χ3n) is 3.65. The van der Waals surface area contributed by atoms with E-state index in [9.17, 15) is 9.59 Å². The lowest BCUT2D eigenvalue weighted by molar-refractivity contribution is -0.118. The molecule has 2 aromatic rings. The van der Waals surface area contributed by atoms with E-state index in [1.54, 1.807) is 0 Å². The molecule has 2 N–H and O–H groups in total. The molecule has 0 aliphatic heterocycles. The van der Waals surface area contributed by atoms with Crippen molar-refractivity contribution in [2.75, 3.05) is 11.1 Å². The van der Waals surface area contributed by atoms with Crippen LogP contribution in [0.15, 0.2) is 34.7 Å². The van der Waals surface area contributed by atoms with Crippen LogP contribution in [0.4, 0.5) is 5.00 Å². The Hall–Kier alpha value is -1.86. The first-order chi connectivity index (χ1) is 12.2. The first kappa shape index (κ1) is 17.9. The summed E-state index contributed by atoms with van der Waals surface area (Å²) in [6.45, 7) is 1.98. The van der Waals surface area contributed by atoms with Crippen molar-refractivity contribution in [3.63, 3.8) is 0 Å². The third-order valence-corrected chi connectivity index (χ3v) is 5.77. The zero-order valence-corrected chi connectivity index (χ0v) is 15.7. The summed E-state index contributed by atoms with van der Waals surface area (Å²) in [6.07, 6.45) is 3.45. The maximum Gasteiger partial charge on any atom is 0.230 e. The number of rotatable bonds is 8. The first-order valence-electron chi connectivity index (χ1n) is 8.44. The molecule has 1 aromatic carbocycles. The predicted octanol–water partition coefficient (Wildman–Crippen LogP) is 3.92. The van der Waals surface area contributed by atoms with Gasteiger partial charge in [0.2, 0.25) is 11.8 Å². The van der Waals surface area contributed by atoms with E-state index < -0.39 is 0 Å². The number of carbonyl (C=O) groups is 2. The molecule has 1 saturated carbocycles. The van der Waals surface area contributed by atoms with Crippen LogP contribution in [0.5, 0.6) is 0 Å². The van der Waals surface area contributed by atoms with E-state index in [0.717, 1.165) is 39.9 Å². The molecule has 0 bridgehead atoms. The molecule has 7 heteroatoms. The Balaban J connectivity index is 1.73. The average molecular weight is 376 g/mol. The number of aromatic nitrogens is 1. The van der Waals surface area contributed by atoms with E-state index >= 15 is 0 Å². The number of benzene rings is 1. The summed E-state index contributed by atoms with van der Waals surface area (Å²) in [7, 11) is 0. The van der Waals surface area contributed by atoms with Gasteiger partial charge in [0.1, 0.15) is 10.7 Å². The zero-order chi connectivity index (χ0) is 17.6. The molecule has 1 aromatic heterocycles. The predicted molar refractivity (Wildman–Crippen MR) is 103 cm³/mol. The van der Waals surface area contributed by atoms with E-state index in [1.807, 2.05) is 37.3 Å². The monoisotopic (exact) mass is 375 g/mol. The van der Waals surface area contributed by atoms with Crippen LogP contribution in [-0.4, -0.2) is 28.6 Å². The fraction of sp³-hybridized carbons (Fsp3) is 0.389. The van der Waals surface area contributed by atoms with Gasteiger partial charge in [-0.2, -0.15) is 0 Å². The Morgan fingerprint density at radius 2 is 2.00 bits per heavy atom. The van der Waals surface area contributed by atoms with Gasteiger partial charge in [-0.1, -0.05) is 60.4 Å². The molecule has 0 unspecified atom stereocenters. The smallest absolute Gasteiger partial charge is 0.230 e. The summed E-state index contributed by atoms with van der Waals surface area (Å²) >= 11 is 2.84. The number of thiazole rings is 1. The number of nitrogens with one attached hydrogen (secondary N) is 2. The number of thioether (sulfide) groups is 1. The van der Waals surface area contributed by atoms with Crippen LogP contribution in [0.2, 0.25) is 0 Å². The summed E-state index contributed by atoms with van der Waals surface area (Å²) in [5.41, 5.74) is 1.72. The topological polar surface area (TPSA) is 71.1 Å². The van der Waals surface area contributed by atoms with Gasteiger partial charge >= 0.3 is 0 Å². The van der Waals surface area contributed by atoms with Crippen LogP contribution in [0.25, 0.3) is 11.3 Å². The van der Waals surface area contributed by atoms with Crippen LogP contribution in [0.1, 0.15) is 32.6 Å².